The first kappa shape index (κ1) is 18.4. The summed E-state index contributed by atoms with van der Waals surface area (Å²) in [7, 11) is 1.76. The van der Waals surface area contributed by atoms with Gasteiger partial charge in [0.2, 0.25) is 0 Å². The summed E-state index contributed by atoms with van der Waals surface area (Å²) in [6.45, 7) is 9.95. The quantitative estimate of drug-likeness (QED) is 0.604. The van der Waals surface area contributed by atoms with Crippen LogP contribution in [0.4, 0.5) is 0 Å². The third-order valence-corrected chi connectivity index (χ3v) is 4.25. The zero-order valence-corrected chi connectivity index (χ0v) is 14.0. The largest absolute Gasteiger partial charge is 0.480 e. The van der Waals surface area contributed by atoms with E-state index in [9.17, 15) is 9.90 Å². The molecule has 21 heavy (non-hydrogen) atoms. The minimum Gasteiger partial charge on any atom is -0.480 e. The van der Waals surface area contributed by atoms with Gasteiger partial charge < -0.3 is 14.7 Å². The van der Waals surface area contributed by atoms with Crippen molar-refractivity contribution >= 4 is 5.97 Å². The fourth-order valence-electron chi connectivity index (χ4n) is 3.18. The molecule has 0 aromatic heterocycles. The Morgan fingerprint density at radius 2 is 2.19 bits per heavy atom. The fraction of sp³-hybridized carbons (Fsp3) is 0.938. The van der Waals surface area contributed by atoms with Crippen LogP contribution in [0.2, 0.25) is 0 Å². The Morgan fingerprint density at radius 3 is 2.76 bits per heavy atom. The zero-order chi connectivity index (χ0) is 15.9. The van der Waals surface area contributed by atoms with Gasteiger partial charge in [-0.05, 0) is 65.5 Å². The monoisotopic (exact) mass is 300 g/mol. The number of hydrogen-bond donors (Lipinski definition) is 2. The van der Waals surface area contributed by atoms with Crippen molar-refractivity contribution in [3.8, 4) is 0 Å². The third kappa shape index (κ3) is 6.32. The fourth-order valence-corrected chi connectivity index (χ4v) is 3.18. The molecule has 124 valence electrons. The number of rotatable bonds is 10. The van der Waals surface area contributed by atoms with Crippen LogP contribution < -0.4 is 5.32 Å². The maximum atomic E-state index is 11.4. The van der Waals surface area contributed by atoms with E-state index in [2.05, 4.69) is 10.2 Å². The molecular weight excluding hydrogens is 268 g/mol. The van der Waals surface area contributed by atoms with Gasteiger partial charge in [-0.3, -0.25) is 10.1 Å². The van der Waals surface area contributed by atoms with Crippen molar-refractivity contribution in [1.29, 1.82) is 0 Å². The van der Waals surface area contributed by atoms with Gasteiger partial charge in [0.1, 0.15) is 5.54 Å². The molecular formula is C16H32N2O3. The highest BCUT2D eigenvalue weighted by Gasteiger charge is 2.32. The molecule has 0 amide bonds. The van der Waals surface area contributed by atoms with Gasteiger partial charge in [-0.25, -0.2) is 0 Å². The number of hydrogen-bond acceptors (Lipinski definition) is 4. The lowest BCUT2D eigenvalue weighted by atomic mass is 9.94. The third-order valence-electron chi connectivity index (χ3n) is 4.25. The topological polar surface area (TPSA) is 61.8 Å². The summed E-state index contributed by atoms with van der Waals surface area (Å²) in [5, 5.41) is 12.6. The highest BCUT2D eigenvalue weighted by atomic mass is 16.5. The van der Waals surface area contributed by atoms with Crippen molar-refractivity contribution in [2.24, 2.45) is 5.92 Å². The second-order valence-corrected chi connectivity index (χ2v) is 6.80. The van der Waals surface area contributed by atoms with Gasteiger partial charge in [0.25, 0.3) is 0 Å². The summed E-state index contributed by atoms with van der Waals surface area (Å²) in [6, 6.07) is 0.180. The Balaban J connectivity index is 2.24. The van der Waals surface area contributed by atoms with Crippen LogP contribution in [-0.2, 0) is 9.53 Å². The number of carboxylic acids is 1. The Labute approximate surface area is 129 Å². The molecule has 1 fully saturated rings. The molecule has 1 saturated heterocycles. The standard InChI is InChI=1S/C16H32N2O3/c1-13(2)17-16(3,15(19)20)8-5-6-9-18-10-7-14(11-18)12-21-4/h13-14,17H,5-12H2,1-4H3,(H,19,20). The summed E-state index contributed by atoms with van der Waals surface area (Å²) < 4.78 is 5.21. The van der Waals surface area contributed by atoms with Crippen LogP contribution in [0.3, 0.4) is 0 Å². The molecule has 1 aliphatic rings. The van der Waals surface area contributed by atoms with Gasteiger partial charge in [-0.15, -0.1) is 0 Å². The molecule has 0 aliphatic carbocycles. The van der Waals surface area contributed by atoms with Crippen molar-refractivity contribution < 1.29 is 14.6 Å². The van der Waals surface area contributed by atoms with Crippen LogP contribution in [0.25, 0.3) is 0 Å². The molecule has 2 N–H and O–H groups in total. The second kappa shape index (κ2) is 8.71. The lowest BCUT2D eigenvalue weighted by Crippen LogP contribution is -2.52. The molecule has 2 unspecified atom stereocenters. The number of carboxylic acid groups (broad SMARTS) is 1. The Hall–Kier alpha value is -0.650. The van der Waals surface area contributed by atoms with Gasteiger partial charge >= 0.3 is 5.97 Å². The first-order valence-corrected chi connectivity index (χ1v) is 8.10. The van der Waals surface area contributed by atoms with Crippen LogP contribution in [-0.4, -0.2) is 60.9 Å². The lowest BCUT2D eigenvalue weighted by molar-refractivity contribution is -0.144. The average molecular weight is 300 g/mol. The molecule has 5 heteroatoms. The van der Waals surface area contributed by atoms with Crippen molar-refractivity contribution in [3.63, 3.8) is 0 Å². The number of unbranched alkanes of at least 4 members (excludes halogenated alkanes) is 1. The SMILES string of the molecule is COCC1CCN(CCCCC(C)(NC(C)C)C(=O)O)C1. The number of ether oxygens (including phenoxy) is 1. The van der Waals surface area contributed by atoms with Gasteiger partial charge in [0.15, 0.2) is 0 Å². The van der Waals surface area contributed by atoms with E-state index in [1.54, 1.807) is 14.0 Å². The second-order valence-electron chi connectivity index (χ2n) is 6.80. The van der Waals surface area contributed by atoms with Gasteiger partial charge in [-0.1, -0.05) is 0 Å². The van der Waals surface area contributed by atoms with Crippen LogP contribution >= 0.6 is 0 Å². The van der Waals surface area contributed by atoms with Crippen LogP contribution in [0.15, 0.2) is 0 Å². The molecule has 0 aromatic rings. The summed E-state index contributed by atoms with van der Waals surface area (Å²) in [6.07, 6.45) is 3.89. The summed E-state index contributed by atoms with van der Waals surface area (Å²) >= 11 is 0. The van der Waals surface area contributed by atoms with Crippen LogP contribution in [0.1, 0.15) is 46.5 Å². The predicted molar refractivity (Wildman–Crippen MR) is 84.6 cm³/mol. The van der Waals surface area contributed by atoms with E-state index in [0.717, 1.165) is 39.1 Å². The zero-order valence-electron chi connectivity index (χ0n) is 14.0. The van der Waals surface area contributed by atoms with Crippen molar-refractivity contribution in [2.75, 3.05) is 33.4 Å². The molecule has 5 nitrogen and oxygen atoms in total. The number of nitrogens with one attached hydrogen (secondary N) is 1. The van der Waals surface area contributed by atoms with E-state index in [0.29, 0.717) is 12.3 Å². The minimum atomic E-state index is -0.808. The molecule has 0 spiro atoms. The number of methoxy groups -OCH3 is 1. The van der Waals surface area contributed by atoms with Crippen molar-refractivity contribution in [1.82, 2.24) is 10.2 Å². The molecule has 0 aromatic carbocycles. The smallest absolute Gasteiger partial charge is 0.323 e. The molecule has 0 radical (unpaired) electrons. The highest BCUT2D eigenvalue weighted by Crippen LogP contribution is 2.19. The predicted octanol–water partition coefficient (Wildman–Crippen LogP) is 1.97. The number of likely N-dealkylation sites (tertiary alicyclic amines) is 1. The van der Waals surface area contributed by atoms with E-state index in [1.165, 1.54) is 6.42 Å². The Morgan fingerprint density at radius 1 is 1.48 bits per heavy atom. The van der Waals surface area contributed by atoms with E-state index in [-0.39, 0.29) is 6.04 Å². The van der Waals surface area contributed by atoms with E-state index in [1.807, 2.05) is 13.8 Å². The summed E-state index contributed by atoms with van der Waals surface area (Å²) in [5.41, 5.74) is -0.808. The highest BCUT2D eigenvalue weighted by molar-refractivity contribution is 5.78. The van der Waals surface area contributed by atoms with Crippen LogP contribution in [0, 0.1) is 5.92 Å². The Kier molecular flexibility index (Phi) is 7.63. The Bertz CT molecular complexity index is 323. The molecule has 0 saturated carbocycles. The van der Waals surface area contributed by atoms with Crippen molar-refractivity contribution in [3.05, 3.63) is 0 Å². The molecule has 1 aliphatic heterocycles. The van der Waals surface area contributed by atoms with Crippen LogP contribution in [0.5, 0.6) is 0 Å². The lowest BCUT2D eigenvalue weighted by Gasteiger charge is -2.29. The van der Waals surface area contributed by atoms with Gasteiger partial charge in [-0.2, -0.15) is 0 Å². The molecule has 0 bridgehead atoms. The first-order chi connectivity index (χ1) is 9.87. The summed E-state index contributed by atoms with van der Waals surface area (Å²) in [4.78, 5) is 13.9. The number of aliphatic carboxylic acids is 1. The molecule has 2 atom stereocenters. The van der Waals surface area contributed by atoms with Gasteiger partial charge in [0, 0.05) is 19.7 Å². The maximum absolute atomic E-state index is 11.4. The maximum Gasteiger partial charge on any atom is 0.323 e. The number of nitrogens with zero attached hydrogens (tertiary/aromatic N) is 1. The van der Waals surface area contributed by atoms with E-state index < -0.39 is 11.5 Å². The average Bonchev–Trinajstić information content (AvgIpc) is 2.82. The molecule has 1 heterocycles. The van der Waals surface area contributed by atoms with Gasteiger partial charge in [0.05, 0.1) is 6.61 Å². The normalized spacial score (nSPS) is 22.6. The minimum absolute atomic E-state index is 0.180. The van der Waals surface area contributed by atoms with E-state index in [4.69, 9.17) is 4.74 Å². The summed E-state index contributed by atoms with van der Waals surface area (Å²) in [5.74, 6) is -0.0839. The first-order valence-electron chi connectivity index (χ1n) is 8.10. The molecule has 1 rings (SSSR count). The van der Waals surface area contributed by atoms with Crippen molar-refractivity contribution in [2.45, 2.75) is 58.0 Å². The number of carbonyl (C=O) groups is 1. The van der Waals surface area contributed by atoms with E-state index >= 15 is 0 Å².